The van der Waals surface area contributed by atoms with E-state index in [1.165, 1.54) is 0 Å². The van der Waals surface area contributed by atoms with Crippen LogP contribution in [0.4, 0.5) is 13.2 Å². The van der Waals surface area contributed by atoms with Crippen LogP contribution in [-0.4, -0.2) is 23.6 Å². The largest absolute Gasteiger partial charge is 0.401 e. The van der Waals surface area contributed by atoms with Crippen LogP contribution < -0.4 is 5.73 Å². The van der Waals surface area contributed by atoms with E-state index in [1.54, 1.807) is 0 Å². The summed E-state index contributed by atoms with van der Waals surface area (Å²) in [6.45, 7) is 0. The molecule has 35 heavy (non-hydrogen) atoms. The molecule has 5 rings (SSSR count). The zero-order valence-electron chi connectivity index (χ0n) is 19.2. The first kappa shape index (κ1) is 23.5. The van der Waals surface area contributed by atoms with Crippen LogP contribution in [0.25, 0.3) is 0 Å². The van der Waals surface area contributed by atoms with Crippen LogP contribution in [-0.2, 0) is 9.59 Å². The monoisotopic (exact) mass is 480 g/mol. The van der Waals surface area contributed by atoms with Crippen molar-refractivity contribution < 1.29 is 22.8 Å². The van der Waals surface area contributed by atoms with Gasteiger partial charge in [-0.05, 0) is 49.7 Å². The maximum atomic E-state index is 13.9. The number of halogens is 3. The van der Waals surface area contributed by atoms with Crippen LogP contribution in [0, 0.1) is 17.3 Å². The van der Waals surface area contributed by atoms with E-state index < -0.39 is 29.2 Å². The lowest BCUT2D eigenvalue weighted by molar-refractivity contribution is -0.193. The highest BCUT2D eigenvalue weighted by Gasteiger charge is 2.68. The first-order valence-corrected chi connectivity index (χ1v) is 12.0. The second-order valence-corrected chi connectivity index (χ2v) is 9.84. The van der Waals surface area contributed by atoms with E-state index in [1.807, 2.05) is 60.7 Å². The fourth-order valence-electron chi connectivity index (χ4n) is 5.68. The molecule has 1 saturated carbocycles. The van der Waals surface area contributed by atoms with Crippen molar-refractivity contribution >= 4 is 17.4 Å². The predicted octanol–water partition coefficient (Wildman–Crippen LogP) is 5.73. The number of ketones is 2. The van der Waals surface area contributed by atoms with Gasteiger partial charge in [0.05, 0.1) is 5.92 Å². The summed E-state index contributed by atoms with van der Waals surface area (Å²) in [5, 5.41) is 0. The fraction of sp³-hybridized carbons (Fsp3) is 0.393. The van der Waals surface area contributed by atoms with Crippen molar-refractivity contribution in [2.24, 2.45) is 28.0 Å². The molecule has 1 fully saturated rings. The summed E-state index contributed by atoms with van der Waals surface area (Å²) in [6, 6.07) is 19.3. The van der Waals surface area contributed by atoms with Crippen molar-refractivity contribution in [1.82, 2.24) is 0 Å². The SMILES string of the molecule is NC1=NC2=C(CCCC(C(=O)C3(C(F)(F)F)CC3)C2)C(=O)C1C(c1ccccc1)c1ccccc1. The molecule has 1 aliphatic heterocycles. The van der Waals surface area contributed by atoms with E-state index in [2.05, 4.69) is 4.99 Å². The molecule has 7 heteroatoms. The second-order valence-electron chi connectivity index (χ2n) is 9.84. The highest BCUT2D eigenvalue weighted by molar-refractivity contribution is 6.14. The first-order valence-electron chi connectivity index (χ1n) is 12.0. The van der Waals surface area contributed by atoms with Gasteiger partial charge < -0.3 is 5.73 Å². The number of nitrogens with two attached hydrogens (primary N) is 1. The summed E-state index contributed by atoms with van der Waals surface area (Å²) >= 11 is 0. The molecule has 0 saturated heterocycles. The number of amidine groups is 1. The van der Waals surface area contributed by atoms with Gasteiger partial charge in [-0.25, -0.2) is 4.99 Å². The van der Waals surface area contributed by atoms with E-state index >= 15 is 0 Å². The van der Waals surface area contributed by atoms with Gasteiger partial charge in [0, 0.05) is 23.1 Å². The van der Waals surface area contributed by atoms with E-state index in [-0.39, 0.29) is 36.8 Å². The molecular formula is C28H27F3N2O2. The van der Waals surface area contributed by atoms with Gasteiger partial charge in [0.25, 0.3) is 0 Å². The van der Waals surface area contributed by atoms with Crippen LogP contribution in [0.2, 0.25) is 0 Å². The van der Waals surface area contributed by atoms with Crippen LogP contribution in [0.5, 0.6) is 0 Å². The average Bonchev–Trinajstić information content (AvgIpc) is 3.67. The van der Waals surface area contributed by atoms with Crippen molar-refractivity contribution in [3.05, 3.63) is 83.1 Å². The molecule has 0 spiro atoms. The van der Waals surface area contributed by atoms with E-state index in [0.717, 1.165) is 11.1 Å². The van der Waals surface area contributed by atoms with Gasteiger partial charge in [-0.3, -0.25) is 9.59 Å². The molecule has 182 valence electrons. The minimum absolute atomic E-state index is 0.0342. The van der Waals surface area contributed by atoms with E-state index in [9.17, 15) is 22.8 Å². The van der Waals surface area contributed by atoms with Crippen LogP contribution in [0.1, 0.15) is 55.6 Å². The summed E-state index contributed by atoms with van der Waals surface area (Å²) in [6.07, 6.45) is -3.63. The van der Waals surface area contributed by atoms with Crippen molar-refractivity contribution in [2.45, 2.75) is 50.6 Å². The topological polar surface area (TPSA) is 72.5 Å². The molecule has 0 aromatic heterocycles. The molecule has 0 bridgehead atoms. The Hall–Kier alpha value is -3.22. The molecule has 2 atom stereocenters. The smallest absolute Gasteiger partial charge is 0.387 e. The van der Waals surface area contributed by atoms with E-state index in [4.69, 9.17) is 5.73 Å². The normalized spacial score (nSPS) is 24.0. The van der Waals surface area contributed by atoms with Crippen molar-refractivity contribution in [3.8, 4) is 0 Å². The fourth-order valence-corrected chi connectivity index (χ4v) is 5.68. The van der Waals surface area contributed by atoms with Crippen molar-refractivity contribution in [3.63, 3.8) is 0 Å². The second kappa shape index (κ2) is 8.77. The molecular weight excluding hydrogens is 453 g/mol. The summed E-state index contributed by atoms with van der Waals surface area (Å²) in [7, 11) is 0. The minimum Gasteiger partial charge on any atom is -0.387 e. The summed E-state index contributed by atoms with van der Waals surface area (Å²) in [5.41, 5.74) is 6.96. The number of rotatable bonds is 5. The number of carbonyl (C=O) groups excluding carboxylic acids is 2. The molecule has 1 heterocycles. The Morgan fingerprint density at radius 1 is 1.00 bits per heavy atom. The molecule has 4 nitrogen and oxygen atoms in total. The number of hydrogen-bond acceptors (Lipinski definition) is 4. The summed E-state index contributed by atoms with van der Waals surface area (Å²) < 4.78 is 40.8. The summed E-state index contributed by atoms with van der Waals surface area (Å²) in [5.74, 6) is -2.61. The van der Waals surface area contributed by atoms with Gasteiger partial charge in [0.1, 0.15) is 11.3 Å². The molecule has 3 aliphatic rings. The number of Topliss-reactive ketones (excluding diaryl/α,β-unsaturated/α-hetero) is 2. The van der Waals surface area contributed by atoms with Crippen LogP contribution >= 0.6 is 0 Å². The van der Waals surface area contributed by atoms with Gasteiger partial charge in [-0.2, -0.15) is 13.2 Å². The third-order valence-corrected chi connectivity index (χ3v) is 7.72. The zero-order chi connectivity index (χ0) is 24.8. The van der Waals surface area contributed by atoms with Crippen LogP contribution in [0.15, 0.2) is 76.9 Å². The van der Waals surface area contributed by atoms with Crippen molar-refractivity contribution in [2.75, 3.05) is 0 Å². The third-order valence-electron chi connectivity index (χ3n) is 7.72. The molecule has 2 aromatic carbocycles. The lowest BCUT2D eigenvalue weighted by atomic mass is 9.74. The minimum atomic E-state index is -4.54. The molecule has 2 unspecified atom stereocenters. The number of aliphatic imine (C=N–C) groups is 1. The van der Waals surface area contributed by atoms with Crippen molar-refractivity contribution in [1.29, 1.82) is 0 Å². The number of alkyl halides is 3. The first-order chi connectivity index (χ1) is 16.7. The van der Waals surface area contributed by atoms with Gasteiger partial charge in [0.15, 0.2) is 11.6 Å². The molecule has 2 aliphatic carbocycles. The maximum Gasteiger partial charge on any atom is 0.401 e. The van der Waals surface area contributed by atoms with Gasteiger partial charge in [-0.15, -0.1) is 0 Å². The lowest BCUT2D eigenvalue weighted by Crippen LogP contribution is -2.40. The maximum absolute atomic E-state index is 13.9. The molecule has 0 radical (unpaired) electrons. The Labute approximate surface area is 202 Å². The number of carbonyl (C=O) groups is 2. The molecule has 2 N–H and O–H groups in total. The number of allylic oxidation sites excluding steroid dienone is 2. The highest BCUT2D eigenvalue weighted by Crippen LogP contribution is 2.60. The highest BCUT2D eigenvalue weighted by atomic mass is 19.4. The van der Waals surface area contributed by atoms with E-state index in [0.29, 0.717) is 30.5 Å². The Balaban J connectivity index is 1.48. The van der Waals surface area contributed by atoms with Gasteiger partial charge in [0.2, 0.25) is 0 Å². The Kier molecular flexibility index (Phi) is 5.90. The Bertz CT molecular complexity index is 1160. The average molecular weight is 481 g/mol. The summed E-state index contributed by atoms with van der Waals surface area (Å²) in [4.78, 5) is 31.4. The number of hydrogen-bond donors (Lipinski definition) is 1. The van der Waals surface area contributed by atoms with Crippen LogP contribution in [0.3, 0.4) is 0 Å². The zero-order valence-corrected chi connectivity index (χ0v) is 19.2. The lowest BCUT2D eigenvalue weighted by Gasteiger charge is -2.31. The van der Waals surface area contributed by atoms with Gasteiger partial charge in [-0.1, -0.05) is 60.7 Å². The number of benzene rings is 2. The number of nitrogens with zero attached hydrogens (tertiary/aromatic N) is 1. The quantitative estimate of drug-likeness (QED) is 0.594. The predicted molar refractivity (Wildman–Crippen MR) is 127 cm³/mol. The third kappa shape index (κ3) is 4.11. The Morgan fingerprint density at radius 2 is 1.57 bits per heavy atom. The standard InChI is InChI=1S/C28H27F3N2O2/c29-28(30,31)27(14-15-27)25(35)19-12-7-13-20-21(16-19)33-26(32)23(24(20)34)22(17-8-3-1-4-9-17)18-10-5-2-6-11-18/h1-6,8-11,19,22-23H,7,12-16H2,(H2,32,33). The molecule has 2 aromatic rings. The molecule has 0 amide bonds. The Morgan fingerprint density at radius 3 is 2.09 bits per heavy atom. The van der Waals surface area contributed by atoms with Gasteiger partial charge >= 0.3 is 6.18 Å².